The van der Waals surface area contributed by atoms with Gasteiger partial charge in [-0.1, -0.05) is 30.3 Å². The van der Waals surface area contributed by atoms with Crippen LogP contribution in [0.5, 0.6) is 0 Å². The third kappa shape index (κ3) is 3.30. The van der Waals surface area contributed by atoms with Crippen LogP contribution in [0.25, 0.3) is 0 Å². The molecule has 0 radical (unpaired) electrons. The normalized spacial score (nSPS) is 14.1. The van der Waals surface area contributed by atoms with Gasteiger partial charge in [0, 0.05) is 5.56 Å². The third-order valence-electron chi connectivity index (χ3n) is 2.82. The van der Waals surface area contributed by atoms with Crippen molar-refractivity contribution in [3.05, 3.63) is 65.7 Å². The van der Waals surface area contributed by atoms with Crippen molar-refractivity contribution in [2.75, 3.05) is 0 Å². The van der Waals surface area contributed by atoms with Gasteiger partial charge >= 0.3 is 0 Å². The first-order chi connectivity index (χ1) is 10.5. The van der Waals surface area contributed by atoms with E-state index in [9.17, 15) is 18.0 Å². The van der Waals surface area contributed by atoms with Crippen molar-refractivity contribution in [2.45, 2.75) is 4.90 Å². The molecule has 4 N–H and O–H groups in total. The molecule has 1 heterocycles. The standard InChI is InChI=1S/C7H8N2O.C7H5NO3S/c8-9-7(10)6-4-2-1-3-5-6;9-7-5-3-1-2-4-6(5)12(10,11)8-7/h1-5H,8H2,(H,9,10);1-4H,(H,8,9). The zero-order valence-corrected chi connectivity index (χ0v) is 12.1. The average molecular weight is 319 g/mol. The molecule has 1 aliphatic heterocycles. The van der Waals surface area contributed by atoms with Crippen LogP contribution in [0.1, 0.15) is 20.7 Å². The molecule has 0 saturated heterocycles. The number of nitrogen functional groups attached to an aromatic ring is 1. The molecule has 0 aliphatic carbocycles. The van der Waals surface area contributed by atoms with Gasteiger partial charge in [0.15, 0.2) is 0 Å². The Bertz CT molecular complexity index is 804. The van der Waals surface area contributed by atoms with Gasteiger partial charge in [-0.15, -0.1) is 0 Å². The summed E-state index contributed by atoms with van der Waals surface area (Å²) in [6.07, 6.45) is 0. The van der Waals surface area contributed by atoms with Crippen LogP contribution in [-0.4, -0.2) is 20.2 Å². The van der Waals surface area contributed by atoms with E-state index in [0.717, 1.165) is 0 Å². The summed E-state index contributed by atoms with van der Waals surface area (Å²) in [5.74, 6) is 4.09. The van der Waals surface area contributed by atoms with Crippen molar-refractivity contribution in [3.63, 3.8) is 0 Å². The average Bonchev–Trinajstić information content (AvgIpc) is 2.78. The largest absolute Gasteiger partial charge is 0.290 e. The van der Waals surface area contributed by atoms with E-state index in [0.29, 0.717) is 5.56 Å². The number of carbonyl (C=O) groups is 2. The van der Waals surface area contributed by atoms with Gasteiger partial charge in [0.1, 0.15) is 4.90 Å². The highest BCUT2D eigenvalue weighted by atomic mass is 32.2. The van der Waals surface area contributed by atoms with Crippen LogP contribution in [0, 0.1) is 0 Å². The molecule has 3 rings (SSSR count). The number of hydrogen-bond donors (Lipinski definition) is 3. The number of hydrogen-bond acceptors (Lipinski definition) is 5. The first-order valence-electron chi connectivity index (χ1n) is 6.18. The Hall–Kier alpha value is -2.71. The first kappa shape index (κ1) is 15.7. The minimum Gasteiger partial charge on any atom is -0.290 e. The molecule has 22 heavy (non-hydrogen) atoms. The van der Waals surface area contributed by atoms with Crippen LogP contribution in [0.3, 0.4) is 0 Å². The van der Waals surface area contributed by atoms with E-state index < -0.39 is 15.9 Å². The Morgan fingerprint density at radius 3 is 2.18 bits per heavy atom. The fourth-order valence-corrected chi connectivity index (χ4v) is 2.97. The molecule has 8 heteroatoms. The van der Waals surface area contributed by atoms with E-state index in [1.54, 1.807) is 36.4 Å². The van der Waals surface area contributed by atoms with E-state index in [1.807, 2.05) is 16.2 Å². The summed E-state index contributed by atoms with van der Waals surface area (Å²) >= 11 is 0. The summed E-state index contributed by atoms with van der Waals surface area (Å²) in [4.78, 5) is 21.8. The third-order valence-corrected chi connectivity index (χ3v) is 4.20. The molecule has 0 spiro atoms. The number of benzene rings is 2. The lowest BCUT2D eigenvalue weighted by molar-refractivity contribution is 0.0951. The Morgan fingerprint density at radius 2 is 1.59 bits per heavy atom. The minimum atomic E-state index is -3.55. The molecule has 114 valence electrons. The molecule has 0 aromatic heterocycles. The van der Waals surface area contributed by atoms with Crippen LogP contribution < -0.4 is 16.0 Å². The molecular weight excluding hydrogens is 306 g/mol. The molecule has 2 aromatic carbocycles. The molecule has 0 saturated carbocycles. The Morgan fingerprint density at radius 1 is 1.00 bits per heavy atom. The summed E-state index contributed by atoms with van der Waals surface area (Å²) < 4.78 is 24.2. The monoisotopic (exact) mass is 319 g/mol. The summed E-state index contributed by atoms with van der Waals surface area (Å²) in [7, 11) is -3.55. The van der Waals surface area contributed by atoms with Gasteiger partial charge in [-0.3, -0.25) is 15.0 Å². The van der Waals surface area contributed by atoms with Crippen molar-refractivity contribution >= 4 is 21.8 Å². The van der Waals surface area contributed by atoms with Gasteiger partial charge in [-0.05, 0) is 24.3 Å². The van der Waals surface area contributed by atoms with Gasteiger partial charge in [0.05, 0.1) is 5.56 Å². The van der Waals surface area contributed by atoms with Crippen molar-refractivity contribution in [1.29, 1.82) is 0 Å². The number of sulfonamides is 1. The van der Waals surface area contributed by atoms with E-state index in [2.05, 4.69) is 0 Å². The molecule has 0 bridgehead atoms. The molecule has 1 aliphatic rings. The van der Waals surface area contributed by atoms with Crippen LogP contribution in [0.15, 0.2) is 59.5 Å². The van der Waals surface area contributed by atoms with Gasteiger partial charge in [-0.2, -0.15) is 0 Å². The number of nitrogens with two attached hydrogens (primary N) is 1. The fourth-order valence-electron chi connectivity index (χ4n) is 1.79. The fraction of sp³-hybridized carbons (Fsp3) is 0. The van der Waals surface area contributed by atoms with E-state index in [-0.39, 0.29) is 16.4 Å². The van der Waals surface area contributed by atoms with Crippen LogP contribution in [0.4, 0.5) is 0 Å². The zero-order chi connectivity index (χ0) is 16.2. The second kappa shape index (κ2) is 6.37. The predicted octanol–water partition coefficient (Wildman–Crippen LogP) is 0.409. The van der Waals surface area contributed by atoms with Gasteiger partial charge in [0.25, 0.3) is 21.8 Å². The highest BCUT2D eigenvalue weighted by molar-refractivity contribution is 7.90. The quantitative estimate of drug-likeness (QED) is 0.400. The van der Waals surface area contributed by atoms with Crippen molar-refractivity contribution in [3.8, 4) is 0 Å². The number of hydrazine groups is 1. The number of carbonyl (C=O) groups excluding carboxylic acids is 2. The number of rotatable bonds is 1. The van der Waals surface area contributed by atoms with E-state index >= 15 is 0 Å². The molecule has 0 atom stereocenters. The topological polar surface area (TPSA) is 118 Å². The summed E-state index contributed by atoms with van der Waals surface area (Å²) in [6.45, 7) is 0. The smallest absolute Gasteiger partial charge is 0.266 e. The maximum absolute atomic E-state index is 11.1. The second-order valence-corrected chi connectivity index (χ2v) is 5.92. The summed E-state index contributed by atoms with van der Waals surface area (Å²) in [5, 5.41) is 0. The van der Waals surface area contributed by atoms with Gasteiger partial charge < -0.3 is 0 Å². The van der Waals surface area contributed by atoms with Crippen molar-refractivity contribution in [2.24, 2.45) is 5.84 Å². The lowest BCUT2D eigenvalue weighted by Gasteiger charge is -1.95. The summed E-state index contributed by atoms with van der Waals surface area (Å²) in [5.41, 5.74) is 2.84. The lowest BCUT2D eigenvalue weighted by Crippen LogP contribution is -2.29. The molecule has 0 fully saturated rings. The summed E-state index contributed by atoms with van der Waals surface area (Å²) in [6, 6.07) is 14.9. The Kier molecular flexibility index (Phi) is 4.54. The highest BCUT2D eigenvalue weighted by Gasteiger charge is 2.31. The lowest BCUT2D eigenvalue weighted by atomic mass is 10.2. The van der Waals surface area contributed by atoms with E-state index in [4.69, 9.17) is 5.84 Å². The molecule has 2 amide bonds. The number of amides is 2. The van der Waals surface area contributed by atoms with Crippen LogP contribution >= 0.6 is 0 Å². The Balaban J connectivity index is 0.000000164. The van der Waals surface area contributed by atoms with E-state index in [1.165, 1.54) is 12.1 Å². The maximum Gasteiger partial charge on any atom is 0.266 e. The van der Waals surface area contributed by atoms with Crippen LogP contribution in [-0.2, 0) is 10.0 Å². The molecule has 0 unspecified atom stereocenters. The maximum atomic E-state index is 11.1. The highest BCUT2D eigenvalue weighted by Crippen LogP contribution is 2.20. The SMILES string of the molecule is NNC(=O)c1ccccc1.O=C1NS(=O)(=O)c2ccccc21. The van der Waals surface area contributed by atoms with Gasteiger partial charge in [0.2, 0.25) is 0 Å². The van der Waals surface area contributed by atoms with Crippen molar-refractivity contribution in [1.82, 2.24) is 10.1 Å². The van der Waals surface area contributed by atoms with Gasteiger partial charge in [-0.25, -0.2) is 19.0 Å². The second-order valence-electron chi connectivity index (χ2n) is 4.27. The first-order valence-corrected chi connectivity index (χ1v) is 7.66. The number of nitrogens with one attached hydrogen (secondary N) is 2. The van der Waals surface area contributed by atoms with Crippen LogP contribution in [0.2, 0.25) is 0 Å². The predicted molar refractivity (Wildman–Crippen MR) is 79.2 cm³/mol. The minimum absolute atomic E-state index is 0.0648. The molecular formula is C14H13N3O4S. The Labute approximate surface area is 127 Å². The zero-order valence-electron chi connectivity index (χ0n) is 11.3. The van der Waals surface area contributed by atoms with Crippen molar-refractivity contribution < 1.29 is 18.0 Å². The number of fused-ring (bicyclic) bond motifs is 1. The molecule has 2 aromatic rings. The molecule has 7 nitrogen and oxygen atoms in total.